The van der Waals surface area contributed by atoms with Crippen LogP contribution in [0.5, 0.6) is 0 Å². The molecule has 0 fully saturated rings. The molecule has 1 aliphatic carbocycles. The molecule has 16 aromatic rings. The van der Waals surface area contributed by atoms with Crippen LogP contribution in [-0.2, 0) is 6.42 Å². The van der Waals surface area contributed by atoms with Crippen molar-refractivity contribution >= 4 is 143 Å². The van der Waals surface area contributed by atoms with Crippen molar-refractivity contribution in [2.24, 2.45) is 0 Å². The predicted octanol–water partition coefficient (Wildman–Crippen LogP) is 30.4. The van der Waals surface area contributed by atoms with Gasteiger partial charge in [0.05, 0.1) is 10.6 Å². The van der Waals surface area contributed by atoms with Gasteiger partial charge in [-0.15, -0.1) is 0 Å². The first-order chi connectivity index (χ1) is 53.9. The van der Waals surface area contributed by atoms with Crippen molar-refractivity contribution < 1.29 is 22.0 Å². The third-order valence-electron chi connectivity index (χ3n) is 15.5. The molecule has 0 spiro atoms. The van der Waals surface area contributed by atoms with Gasteiger partial charge in [-0.3, -0.25) is 0 Å². The minimum atomic E-state index is -2.16. The van der Waals surface area contributed by atoms with E-state index in [-0.39, 0.29) is 5.56 Å². The second-order valence-electron chi connectivity index (χ2n) is 23.2. The van der Waals surface area contributed by atoms with Crippen LogP contribution in [0, 0.1) is 29.1 Å². The Kier molecular flexibility index (Phi) is 35.0. The Morgan fingerprint density at radius 3 is 1.16 bits per heavy atom. The highest BCUT2D eigenvalue weighted by Gasteiger charge is 2.26. The molecule has 0 atom stereocenters. The zero-order valence-corrected chi connectivity index (χ0v) is 69.3. The van der Waals surface area contributed by atoms with Crippen molar-refractivity contribution in [2.45, 2.75) is 6.42 Å². The lowest BCUT2D eigenvalue weighted by Crippen LogP contribution is -2.03. The van der Waals surface area contributed by atoms with Crippen molar-refractivity contribution in [3.8, 4) is 66.8 Å². The van der Waals surface area contributed by atoms with Crippen LogP contribution >= 0.6 is 126 Å². The Morgan fingerprint density at radius 1 is 0.306 bits per heavy atom. The number of benzene rings is 12. The minimum absolute atomic E-state index is 0.0998. The molecule has 0 amide bonds. The van der Waals surface area contributed by atoms with Gasteiger partial charge in [0.1, 0.15) is 16.6 Å². The van der Waals surface area contributed by atoms with Gasteiger partial charge in [-0.25, -0.2) is 51.9 Å². The molecule has 4 heterocycles. The Hall–Kier alpha value is -9.69. The van der Waals surface area contributed by atoms with Gasteiger partial charge in [-0.2, -0.15) is 0 Å². The fraction of sp³-hybridized carbons (Fsp3) is 0.0110. The van der Waals surface area contributed by atoms with Crippen molar-refractivity contribution in [2.75, 3.05) is 0 Å². The highest BCUT2D eigenvalue weighted by atomic mass is 79.9. The summed E-state index contributed by atoms with van der Waals surface area (Å²) in [6, 6.07) is 102. The van der Waals surface area contributed by atoms with E-state index in [0.717, 1.165) is 24.3 Å². The van der Waals surface area contributed by atoms with Gasteiger partial charge in [0.2, 0.25) is 11.1 Å². The summed E-state index contributed by atoms with van der Waals surface area (Å²) in [5, 5.41) is 4.70. The maximum atomic E-state index is 13.5. The van der Waals surface area contributed by atoms with Gasteiger partial charge in [0.15, 0.2) is 23.3 Å². The van der Waals surface area contributed by atoms with Gasteiger partial charge in [-0.1, -0.05) is 339 Å². The highest BCUT2D eigenvalue weighted by Crippen LogP contribution is 2.36. The topological polar surface area (TPSA) is 77.3 Å². The Morgan fingerprint density at radius 2 is 0.703 bits per heavy atom. The van der Waals surface area contributed by atoms with Crippen LogP contribution in [0.1, 0.15) is 11.1 Å². The first-order valence-electron chi connectivity index (χ1n) is 33.6. The second kappa shape index (κ2) is 45.6. The smallest absolute Gasteiger partial charge is 0.222 e. The lowest BCUT2D eigenvalue weighted by molar-refractivity contribution is 0.381. The zero-order valence-electron chi connectivity index (χ0n) is 58.3. The number of nitrogens with zero attached hydrogens (tertiary/aromatic N) is 6. The number of rotatable bonds is 6. The summed E-state index contributed by atoms with van der Waals surface area (Å²) in [4.78, 5) is 22.0. The van der Waals surface area contributed by atoms with Gasteiger partial charge >= 0.3 is 0 Å². The van der Waals surface area contributed by atoms with Crippen molar-refractivity contribution in [3.63, 3.8) is 0 Å². The molecule has 12 aromatic carbocycles. The monoisotopic (exact) mass is 1870 g/mol. The fourth-order valence-corrected chi connectivity index (χ4v) is 13.3. The minimum Gasteiger partial charge on any atom is -0.245 e. The van der Waals surface area contributed by atoms with E-state index < -0.39 is 34.6 Å². The molecule has 0 saturated carbocycles. The average molecular weight is 1880 g/mol. The molecule has 111 heavy (non-hydrogen) atoms. The average Bonchev–Trinajstić information content (AvgIpc) is 0.789. The Balaban J connectivity index is 0.000000147. The van der Waals surface area contributed by atoms with E-state index >= 15 is 0 Å². The molecule has 1 aliphatic rings. The molecule has 0 radical (unpaired) electrons. The van der Waals surface area contributed by atoms with Crippen LogP contribution in [0.2, 0.25) is 20.6 Å². The molecule has 17 rings (SSSR count). The summed E-state index contributed by atoms with van der Waals surface area (Å²) in [5.74, 6) is -9.76. The van der Waals surface area contributed by atoms with Crippen LogP contribution in [0.15, 0.2) is 381 Å². The maximum absolute atomic E-state index is 13.5. The lowest BCUT2D eigenvalue weighted by atomic mass is 9.93. The molecule has 0 aliphatic heterocycles. The second-order valence-corrected chi connectivity index (χ2v) is 29.3. The third kappa shape index (κ3) is 27.6. The van der Waals surface area contributed by atoms with E-state index in [4.69, 9.17) is 46.4 Å². The van der Waals surface area contributed by atoms with E-state index in [1.165, 1.54) is 114 Å². The van der Waals surface area contributed by atoms with E-state index in [0.29, 0.717) is 25.1 Å². The SMILES string of the molecule is Brc1cc(-c2ccccc2)cc(-c2ccccc2)c1.Brc1cc2c3c(cccc3c1)CC=C2.Brc1cccc(-c2cccc(-c3ccccc3)c2)c1.Brc1ccccc1-c1ccccc1.Clc1ccccn1.Clc1ccccn1.Clc1cncnc1.Clc1ncccn1.Fc1c(F)c(F)c(-c2cccc(Br)c2)c(F)c1F. The Labute approximate surface area is 703 Å². The third-order valence-corrected chi connectivity index (χ3v) is 19.0. The molecule has 4 aromatic heterocycles. The summed E-state index contributed by atoms with van der Waals surface area (Å²) in [6.07, 6.45) is 16.5. The van der Waals surface area contributed by atoms with Crippen molar-refractivity contribution in [1.82, 2.24) is 29.9 Å². The van der Waals surface area contributed by atoms with E-state index in [1.807, 2.05) is 66.7 Å². The number of pyridine rings is 2. The molecule has 554 valence electrons. The quantitative estimate of drug-likeness (QED) is 0.0543. The summed E-state index contributed by atoms with van der Waals surface area (Å²) < 4.78 is 70.8. The summed E-state index contributed by atoms with van der Waals surface area (Å²) in [7, 11) is 0. The first kappa shape index (κ1) is 85.3. The van der Waals surface area contributed by atoms with Crippen LogP contribution in [0.3, 0.4) is 0 Å². The standard InChI is InChI=1S/2C18H13Br.C13H9Br.C12H4BrF5.C12H9Br.2C5H4ClN.2C4H3ClN2/c19-18-12-16(14-7-3-1-4-8-14)11-17(13-18)15-9-5-2-6-10-15;19-18-11-5-10-17(13-18)16-9-4-8-15(12-16)14-6-2-1-3-7-14;14-12-7-10-5-1-3-9-4-2-6-11(8-12)13(9)10;13-6-3-1-2-5(4-6)7-8(14)10(16)12(18)11(17)9(7)15;13-12-9-5-4-8-11(12)10-6-2-1-3-7-10;2*6-5-3-1-2-4-7-5;5-4-1-6-3-7-2-4;5-4-6-2-1-3-7-4/h2*1-13H;1-3,5-8H,4H2;1-4H;1-9H;2*1-4H;2*1-3H. The number of hydrogen-bond donors (Lipinski definition) is 0. The van der Waals surface area contributed by atoms with Crippen molar-refractivity contribution in [1.29, 1.82) is 0 Å². The molecular weight excluding hydrogens is 1810 g/mol. The number of aromatic nitrogens is 6. The first-order valence-corrected chi connectivity index (χ1v) is 39.1. The van der Waals surface area contributed by atoms with E-state index in [2.05, 4.69) is 322 Å². The van der Waals surface area contributed by atoms with Gasteiger partial charge in [0.25, 0.3) is 0 Å². The summed E-state index contributed by atoms with van der Waals surface area (Å²) >= 11 is 38.8. The molecule has 0 unspecified atom stereocenters. The van der Waals surface area contributed by atoms with Crippen LogP contribution in [-0.4, -0.2) is 29.9 Å². The molecular formula is C91H62Br5Cl4F5N6. The van der Waals surface area contributed by atoms with E-state index in [1.54, 1.807) is 49.1 Å². The summed E-state index contributed by atoms with van der Waals surface area (Å²) in [5.41, 5.74) is 14.1. The highest BCUT2D eigenvalue weighted by molar-refractivity contribution is 9.11. The lowest BCUT2D eigenvalue weighted by Gasteiger charge is -2.12. The maximum Gasteiger partial charge on any atom is 0.222 e. The number of hydrogen-bond acceptors (Lipinski definition) is 6. The van der Waals surface area contributed by atoms with E-state index in [9.17, 15) is 22.0 Å². The fourth-order valence-electron chi connectivity index (χ4n) is 10.5. The largest absolute Gasteiger partial charge is 0.245 e. The molecule has 6 nitrogen and oxygen atoms in total. The molecule has 0 bridgehead atoms. The van der Waals surface area contributed by atoms with Crippen LogP contribution < -0.4 is 0 Å². The molecule has 20 heteroatoms. The number of halogens is 14. The molecule has 0 N–H and O–H groups in total. The predicted molar refractivity (Wildman–Crippen MR) is 466 cm³/mol. The van der Waals surface area contributed by atoms with Gasteiger partial charge < -0.3 is 0 Å². The zero-order chi connectivity index (χ0) is 78.7. The van der Waals surface area contributed by atoms with Gasteiger partial charge in [-0.05, 0) is 198 Å². The van der Waals surface area contributed by atoms with Crippen molar-refractivity contribution in [3.05, 3.63) is 442 Å². The van der Waals surface area contributed by atoms with Crippen LogP contribution in [0.4, 0.5) is 22.0 Å². The van der Waals surface area contributed by atoms with Gasteiger partial charge in [0, 0.05) is 59.5 Å². The summed E-state index contributed by atoms with van der Waals surface area (Å²) in [6.45, 7) is 0. The normalized spacial score (nSPS) is 10.4. The Bertz CT molecular complexity index is 5340. The number of allylic oxidation sites excluding steroid dienone is 1. The van der Waals surface area contributed by atoms with Crippen LogP contribution in [0.25, 0.3) is 83.6 Å². The molecule has 0 saturated heterocycles.